The number of aliphatic hydroxyl groups is 1. The minimum absolute atomic E-state index is 0.0991. The molecular formula is C13H19N5O. The first kappa shape index (κ1) is 12.3. The van der Waals surface area contributed by atoms with Crippen molar-refractivity contribution in [1.82, 2.24) is 19.8 Å². The maximum Gasteiger partial charge on any atom is 0.176 e. The van der Waals surface area contributed by atoms with Crippen molar-refractivity contribution in [3.63, 3.8) is 0 Å². The molecule has 1 N–H and O–H groups in total. The third kappa shape index (κ3) is 2.16. The standard InChI is InChI=1S/C13H19N5O/c1-9-14-11-6-7-12(16-18(11)15-9)17-8-4-5-10(17)13(2,3)19/h6-7,10,19H,4-5,8H2,1-3H3/t10-/m1/s1. The van der Waals surface area contributed by atoms with Crippen LogP contribution in [0.3, 0.4) is 0 Å². The lowest BCUT2D eigenvalue weighted by Crippen LogP contribution is -2.46. The number of anilines is 1. The fraction of sp³-hybridized carbons (Fsp3) is 0.615. The van der Waals surface area contributed by atoms with Crippen LogP contribution in [0.2, 0.25) is 0 Å². The molecule has 1 aliphatic rings. The molecule has 3 rings (SSSR count). The molecule has 1 aliphatic heterocycles. The second-order valence-corrected chi connectivity index (χ2v) is 5.70. The minimum atomic E-state index is -0.731. The summed E-state index contributed by atoms with van der Waals surface area (Å²) in [5.41, 5.74) is 0.0195. The highest BCUT2D eigenvalue weighted by Gasteiger charge is 2.36. The predicted molar refractivity (Wildman–Crippen MR) is 72.2 cm³/mol. The fourth-order valence-electron chi connectivity index (χ4n) is 2.81. The zero-order valence-corrected chi connectivity index (χ0v) is 11.5. The largest absolute Gasteiger partial charge is 0.388 e. The lowest BCUT2D eigenvalue weighted by molar-refractivity contribution is 0.0532. The third-order valence-corrected chi connectivity index (χ3v) is 3.66. The number of aryl methyl sites for hydroxylation is 1. The van der Waals surface area contributed by atoms with Crippen molar-refractivity contribution in [1.29, 1.82) is 0 Å². The molecule has 0 aromatic carbocycles. The van der Waals surface area contributed by atoms with Crippen molar-refractivity contribution >= 4 is 11.5 Å². The molecule has 0 radical (unpaired) electrons. The van der Waals surface area contributed by atoms with Crippen LogP contribution < -0.4 is 4.90 Å². The van der Waals surface area contributed by atoms with E-state index >= 15 is 0 Å². The van der Waals surface area contributed by atoms with E-state index in [9.17, 15) is 5.11 Å². The van der Waals surface area contributed by atoms with Gasteiger partial charge in [-0.2, -0.15) is 0 Å². The summed E-state index contributed by atoms with van der Waals surface area (Å²) in [7, 11) is 0. The molecule has 6 nitrogen and oxygen atoms in total. The van der Waals surface area contributed by atoms with Crippen LogP contribution >= 0.6 is 0 Å². The van der Waals surface area contributed by atoms with Gasteiger partial charge in [0, 0.05) is 6.54 Å². The summed E-state index contributed by atoms with van der Waals surface area (Å²) < 4.78 is 1.56. The van der Waals surface area contributed by atoms with E-state index in [1.165, 1.54) is 0 Å². The quantitative estimate of drug-likeness (QED) is 0.879. The maximum absolute atomic E-state index is 10.3. The summed E-state index contributed by atoms with van der Waals surface area (Å²) in [5.74, 6) is 1.56. The molecule has 1 atom stereocenters. The molecule has 6 heteroatoms. The zero-order valence-electron chi connectivity index (χ0n) is 11.5. The van der Waals surface area contributed by atoms with Gasteiger partial charge in [-0.3, -0.25) is 0 Å². The summed E-state index contributed by atoms with van der Waals surface area (Å²) in [4.78, 5) is 6.43. The van der Waals surface area contributed by atoms with E-state index in [0.717, 1.165) is 30.9 Å². The summed E-state index contributed by atoms with van der Waals surface area (Å²) >= 11 is 0. The molecule has 102 valence electrons. The van der Waals surface area contributed by atoms with Gasteiger partial charge < -0.3 is 10.0 Å². The lowest BCUT2D eigenvalue weighted by Gasteiger charge is -2.34. The van der Waals surface area contributed by atoms with Crippen LogP contribution in [0.25, 0.3) is 5.65 Å². The third-order valence-electron chi connectivity index (χ3n) is 3.66. The highest BCUT2D eigenvalue weighted by molar-refractivity contribution is 5.47. The summed E-state index contributed by atoms with van der Waals surface area (Å²) in [6, 6.07) is 3.97. The lowest BCUT2D eigenvalue weighted by atomic mass is 9.97. The Morgan fingerprint density at radius 1 is 1.32 bits per heavy atom. The second-order valence-electron chi connectivity index (χ2n) is 5.70. The van der Waals surface area contributed by atoms with E-state index in [2.05, 4.69) is 20.1 Å². The van der Waals surface area contributed by atoms with Crippen LogP contribution in [0.15, 0.2) is 12.1 Å². The van der Waals surface area contributed by atoms with Crippen LogP contribution in [-0.2, 0) is 0 Å². The Kier molecular flexibility index (Phi) is 2.70. The molecule has 2 aromatic rings. The number of nitrogens with zero attached hydrogens (tertiary/aromatic N) is 5. The number of hydrogen-bond acceptors (Lipinski definition) is 5. The number of rotatable bonds is 2. The molecule has 0 aliphatic carbocycles. The van der Waals surface area contributed by atoms with E-state index < -0.39 is 5.60 Å². The molecule has 0 bridgehead atoms. The molecule has 1 saturated heterocycles. The first-order valence-electron chi connectivity index (χ1n) is 6.65. The van der Waals surface area contributed by atoms with Gasteiger partial charge in [0.25, 0.3) is 0 Å². The highest BCUT2D eigenvalue weighted by Crippen LogP contribution is 2.30. The predicted octanol–water partition coefficient (Wildman–Crippen LogP) is 1.17. The van der Waals surface area contributed by atoms with Crippen molar-refractivity contribution in [3.05, 3.63) is 18.0 Å². The summed E-state index contributed by atoms with van der Waals surface area (Å²) in [6.07, 6.45) is 2.06. The van der Waals surface area contributed by atoms with Crippen molar-refractivity contribution in [2.24, 2.45) is 0 Å². The average Bonchev–Trinajstić information content (AvgIpc) is 2.90. The Hall–Kier alpha value is -1.69. The van der Waals surface area contributed by atoms with Gasteiger partial charge in [0.05, 0.1) is 11.6 Å². The Balaban J connectivity index is 1.99. The molecule has 1 fully saturated rings. The molecule has 0 spiro atoms. The summed E-state index contributed by atoms with van der Waals surface area (Å²) in [6.45, 7) is 6.48. The van der Waals surface area contributed by atoms with Crippen molar-refractivity contribution in [2.45, 2.75) is 45.3 Å². The fourth-order valence-corrected chi connectivity index (χ4v) is 2.81. The molecule has 0 amide bonds. The molecule has 2 aromatic heterocycles. The van der Waals surface area contributed by atoms with Crippen molar-refractivity contribution < 1.29 is 5.11 Å². The second kappa shape index (κ2) is 4.16. The number of fused-ring (bicyclic) bond motifs is 1. The van der Waals surface area contributed by atoms with E-state index in [1.54, 1.807) is 4.63 Å². The normalized spacial score (nSPS) is 20.4. The van der Waals surface area contributed by atoms with Gasteiger partial charge in [-0.15, -0.1) is 14.8 Å². The van der Waals surface area contributed by atoms with Crippen molar-refractivity contribution in [2.75, 3.05) is 11.4 Å². The van der Waals surface area contributed by atoms with Gasteiger partial charge in [0.15, 0.2) is 11.5 Å². The topological polar surface area (TPSA) is 66.5 Å². The van der Waals surface area contributed by atoms with Gasteiger partial charge >= 0.3 is 0 Å². The van der Waals surface area contributed by atoms with E-state index in [1.807, 2.05) is 32.9 Å². The Morgan fingerprint density at radius 3 is 2.84 bits per heavy atom. The van der Waals surface area contributed by atoms with Crippen LogP contribution in [-0.4, -0.2) is 43.1 Å². The Labute approximate surface area is 112 Å². The first-order valence-corrected chi connectivity index (χ1v) is 6.65. The Morgan fingerprint density at radius 2 is 2.11 bits per heavy atom. The monoisotopic (exact) mass is 261 g/mol. The first-order chi connectivity index (χ1) is 8.95. The molecule has 19 heavy (non-hydrogen) atoms. The van der Waals surface area contributed by atoms with Crippen LogP contribution in [0.5, 0.6) is 0 Å². The van der Waals surface area contributed by atoms with Gasteiger partial charge in [0.2, 0.25) is 0 Å². The molecule has 3 heterocycles. The van der Waals surface area contributed by atoms with Crippen LogP contribution in [0.1, 0.15) is 32.5 Å². The van der Waals surface area contributed by atoms with Crippen LogP contribution in [0, 0.1) is 6.92 Å². The SMILES string of the molecule is Cc1nc2ccc(N3CCC[C@@H]3C(C)(C)O)nn2n1. The van der Waals surface area contributed by atoms with E-state index in [0.29, 0.717) is 5.82 Å². The average molecular weight is 261 g/mol. The van der Waals surface area contributed by atoms with Crippen LogP contribution in [0.4, 0.5) is 5.82 Å². The molecule has 0 unspecified atom stereocenters. The van der Waals surface area contributed by atoms with Gasteiger partial charge in [-0.1, -0.05) is 0 Å². The van der Waals surface area contributed by atoms with E-state index in [4.69, 9.17) is 0 Å². The van der Waals surface area contributed by atoms with Gasteiger partial charge in [0.1, 0.15) is 5.82 Å². The maximum atomic E-state index is 10.3. The van der Waals surface area contributed by atoms with Gasteiger partial charge in [-0.05, 0) is 45.7 Å². The smallest absolute Gasteiger partial charge is 0.176 e. The molecular weight excluding hydrogens is 242 g/mol. The molecule has 0 saturated carbocycles. The Bertz CT molecular complexity index is 601. The van der Waals surface area contributed by atoms with E-state index in [-0.39, 0.29) is 6.04 Å². The number of aromatic nitrogens is 4. The highest BCUT2D eigenvalue weighted by atomic mass is 16.3. The number of hydrogen-bond donors (Lipinski definition) is 1. The summed E-state index contributed by atoms with van der Waals surface area (Å²) in [5, 5.41) is 19.0. The zero-order chi connectivity index (χ0) is 13.6. The van der Waals surface area contributed by atoms with Gasteiger partial charge in [-0.25, -0.2) is 4.98 Å². The van der Waals surface area contributed by atoms with Crippen molar-refractivity contribution in [3.8, 4) is 0 Å². The minimum Gasteiger partial charge on any atom is -0.388 e.